The molecule has 2 aromatic rings. The molecule has 3 atom stereocenters. The van der Waals surface area contributed by atoms with Crippen LogP contribution in [0, 0.1) is 30.6 Å². The minimum atomic E-state index is -2.65. The number of fused-ring (bicyclic) bond motifs is 2. The molecule has 5 fully saturated rings. The summed E-state index contributed by atoms with van der Waals surface area (Å²) in [5.74, 6) is 1.93. The highest BCUT2D eigenvalue weighted by atomic mass is 19.3. The first-order chi connectivity index (χ1) is 30.1. The molecular weight excluding hydrogens is 797 g/mol. The van der Waals surface area contributed by atoms with Crippen molar-refractivity contribution in [3.05, 3.63) is 47.5 Å². The highest BCUT2D eigenvalue weighted by molar-refractivity contribution is 5.79. The SMILES string of the molecule is C#CCOCCOCCOCCOCCNC(=O)CN1CCC2(CC1)CC(c1nnc(C)n1C1CC3CCC(C1)N3CCC(NC(=O)C1CCC(F)(F)CC1)c1ccccc1)C2. The molecule has 3 aliphatic heterocycles. The van der Waals surface area contributed by atoms with Gasteiger partial charge in [-0.05, 0) is 102 Å². The Hall–Kier alpha value is -3.52. The minimum absolute atomic E-state index is 0.0356. The number of carbonyl (C=O) groups is 2. The number of terminal acetylenes is 1. The lowest BCUT2D eigenvalue weighted by Crippen LogP contribution is -2.49. The number of benzene rings is 1. The van der Waals surface area contributed by atoms with Crippen LogP contribution < -0.4 is 10.6 Å². The van der Waals surface area contributed by atoms with Crippen molar-refractivity contribution in [1.29, 1.82) is 0 Å². The maximum Gasteiger partial charge on any atom is 0.248 e. The summed E-state index contributed by atoms with van der Waals surface area (Å²) in [5, 5.41) is 15.7. The zero-order chi connectivity index (χ0) is 43.4. The van der Waals surface area contributed by atoms with Crippen LogP contribution in [0.1, 0.15) is 119 Å². The molecule has 2 saturated carbocycles. The predicted molar refractivity (Wildman–Crippen MR) is 231 cm³/mol. The first kappa shape index (κ1) is 46.5. The highest BCUT2D eigenvalue weighted by Gasteiger charge is 2.49. The van der Waals surface area contributed by atoms with Crippen molar-refractivity contribution in [2.45, 2.75) is 126 Å². The molecule has 0 radical (unpaired) electrons. The fraction of sp³-hybridized carbons (Fsp3) is 0.745. The number of hydrogen-bond donors (Lipinski definition) is 2. The number of rotatable bonds is 23. The molecule has 2 N–H and O–H groups in total. The number of nitrogens with one attached hydrogen (secondary N) is 2. The van der Waals surface area contributed by atoms with Crippen LogP contribution in [-0.2, 0) is 28.5 Å². The van der Waals surface area contributed by atoms with E-state index in [0.29, 0.717) is 95.4 Å². The van der Waals surface area contributed by atoms with Gasteiger partial charge in [0.15, 0.2) is 0 Å². The molecule has 2 bridgehead atoms. The van der Waals surface area contributed by atoms with E-state index in [-0.39, 0.29) is 49.5 Å². The van der Waals surface area contributed by atoms with E-state index >= 15 is 0 Å². The fourth-order valence-corrected chi connectivity index (χ4v) is 10.9. The van der Waals surface area contributed by atoms with Crippen molar-refractivity contribution in [2.75, 3.05) is 85.6 Å². The average Bonchev–Trinajstić information content (AvgIpc) is 3.75. The zero-order valence-corrected chi connectivity index (χ0v) is 36.8. The van der Waals surface area contributed by atoms with Gasteiger partial charge < -0.3 is 34.1 Å². The molecule has 2 amide bonds. The van der Waals surface area contributed by atoms with Gasteiger partial charge in [0.2, 0.25) is 17.7 Å². The van der Waals surface area contributed by atoms with Gasteiger partial charge in [-0.2, -0.15) is 0 Å². The Morgan fingerprint density at radius 3 is 2.13 bits per heavy atom. The summed E-state index contributed by atoms with van der Waals surface area (Å²) in [6.45, 7) is 9.33. The maximum atomic E-state index is 13.8. The lowest BCUT2D eigenvalue weighted by atomic mass is 9.57. The Bertz CT molecular complexity index is 1740. The molecule has 15 heteroatoms. The lowest BCUT2D eigenvalue weighted by molar-refractivity contribution is -0.130. The van der Waals surface area contributed by atoms with Gasteiger partial charge in [-0.1, -0.05) is 36.3 Å². The molecule has 1 spiro atoms. The number of carbonyl (C=O) groups excluding carboxylic acids is 2. The van der Waals surface area contributed by atoms with E-state index in [1.54, 1.807) is 0 Å². The number of aromatic nitrogens is 3. The Morgan fingerprint density at radius 1 is 0.855 bits per heavy atom. The van der Waals surface area contributed by atoms with Crippen molar-refractivity contribution in [2.24, 2.45) is 11.3 Å². The molecule has 4 heterocycles. The number of ether oxygens (including phenoxy) is 4. The van der Waals surface area contributed by atoms with E-state index < -0.39 is 5.92 Å². The predicted octanol–water partition coefficient (Wildman–Crippen LogP) is 5.60. The van der Waals surface area contributed by atoms with Gasteiger partial charge in [-0.15, -0.1) is 16.6 Å². The Kier molecular flexibility index (Phi) is 16.8. The van der Waals surface area contributed by atoms with E-state index in [9.17, 15) is 18.4 Å². The summed E-state index contributed by atoms with van der Waals surface area (Å²) in [4.78, 5) is 31.0. The van der Waals surface area contributed by atoms with Crippen LogP contribution >= 0.6 is 0 Å². The Morgan fingerprint density at radius 2 is 1.48 bits per heavy atom. The summed E-state index contributed by atoms with van der Waals surface area (Å²) >= 11 is 0. The normalized spacial score (nSPS) is 24.4. The molecule has 2 aliphatic carbocycles. The highest BCUT2D eigenvalue weighted by Crippen LogP contribution is 2.57. The number of aryl methyl sites for hydroxylation is 1. The van der Waals surface area contributed by atoms with Crippen molar-refractivity contribution in [3.63, 3.8) is 0 Å². The largest absolute Gasteiger partial charge is 0.377 e. The first-order valence-electron chi connectivity index (χ1n) is 23.3. The number of hydrogen-bond acceptors (Lipinski definition) is 10. The van der Waals surface area contributed by atoms with E-state index in [4.69, 9.17) is 30.5 Å². The number of likely N-dealkylation sites (tertiary alicyclic amines) is 1. The van der Waals surface area contributed by atoms with Gasteiger partial charge >= 0.3 is 0 Å². The standard InChI is InChI=1S/C47H69F2N7O6/c1-3-22-59-24-26-61-28-29-62-27-25-60-23-18-50-43(57)34-54-20-16-46(17-21-54)32-38(33-46)44-53-52-35(2)56(44)41-30-39-9-10-40(31-41)55(39)19-13-42(36-7-5-4-6-8-36)51-45(58)37-11-14-47(48,49)15-12-37/h1,4-8,37-42H,9-34H2,2H3,(H,50,57)(H,51,58). The molecule has 5 aliphatic rings. The molecule has 3 saturated heterocycles. The summed E-state index contributed by atoms with van der Waals surface area (Å²) in [6.07, 6.45) is 14.9. The second kappa shape index (κ2) is 22.4. The van der Waals surface area contributed by atoms with Crippen molar-refractivity contribution in [1.82, 2.24) is 35.2 Å². The van der Waals surface area contributed by atoms with E-state index in [1.165, 1.54) is 12.8 Å². The van der Waals surface area contributed by atoms with Crippen LogP contribution in [0.3, 0.4) is 0 Å². The van der Waals surface area contributed by atoms with Gasteiger partial charge in [0.25, 0.3) is 0 Å². The molecule has 342 valence electrons. The molecule has 1 aromatic carbocycles. The van der Waals surface area contributed by atoms with E-state index in [1.807, 2.05) is 18.2 Å². The lowest BCUT2D eigenvalue weighted by Gasteiger charge is -2.52. The van der Waals surface area contributed by atoms with Gasteiger partial charge in [-0.25, -0.2) is 8.78 Å². The van der Waals surface area contributed by atoms with Crippen molar-refractivity contribution < 1.29 is 37.3 Å². The summed E-state index contributed by atoms with van der Waals surface area (Å²) in [6, 6.07) is 11.3. The molecule has 7 rings (SSSR count). The van der Waals surface area contributed by atoms with Crippen molar-refractivity contribution >= 4 is 11.8 Å². The Labute approximate surface area is 366 Å². The quantitative estimate of drug-likeness (QED) is 0.108. The zero-order valence-electron chi connectivity index (χ0n) is 36.8. The number of amides is 2. The second-order valence-electron chi connectivity index (χ2n) is 18.4. The third-order valence-electron chi connectivity index (χ3n) is 14.3. The third-order valence-corrected chi connectivity index (χ3v) is 14.3. The summed E-state index contributed by atoms with van der Waals surface area (Å²) in [5.41, 5.74) is 1.38. The minimum Gasteiger partial charge on any atom is -0.377 e. The van der Waals surface area contributed by atoms with Crippen LogP contribution in [-0.4, -0.2) is 140 Å². The van der Waals surface area contributed by atoms with Gasteiger partial charge in [-0.3, -0.25) is 19.4 Å². The monoisotopic (exact) mass is 866 g/mol. The average molecular weight is 866 g/mol. The number of nitrogens with zero attached hydrogens (tertiary/aromatic N) is 5. The summed E-state index contributed by atoms with van der Waals surface area (Å²) in [7, 11) is 0. The molecule has 62 heavy (non-hydrogen) atoms. The van der Waals surface area contributed by atoms with Crippen molar-refractivity contribution in [3.8, 4) is 12.3 Å². The number of alkyl halides is 2. The van der Waals surface area contributed by atoms with Gasteiger partial charge in [0.05, 0.1) is 58.8 Å². The van der Waals surface area contributed by atoms with Crippen LogP contribution in [0.2, 0.25) is 0 Å². The number of halogens is 2. The van der Waals surface area contributed by atoms with Gasteiger partial charge in [0.1, 0.15) is 18.3 Å². The summed E-state index contributed by atoms with van der Waals surface area (Å²) < 4.78 is 51.8. The maximum absolute atomic E-state index is 13.8. The van der Waals surface area contributed by atoms with Crippen LogP contribution in [0.4, 0.5) is 8.78 Å². The van der Waals surface area contributed by atoms with E-state index in [0.717, 1.165) is 81.8 Å². The van der Waals surface area contributed by atoms with Gasteiger partial charge in [0, 0.05) is 55.9 Å². The van der Waals surface area contributed by atoms with Crippen LogP contribution in [0.15, 0.2) is 30.3 Å². The van der Waals surface area contributed by atoms with E-state index in [2.05, 4.69) is 55.1 Å². The molecular formula is C47H69F2N7O6. The van der Waals surface area contributed by atoms with Crippen LogP contribution in [0.25, 0.3) is 0 Å². The third kappa shape index (κ3) is 12.6. The number of piperidine rings is 2. The first-order valence-corrected chi connectivity index (χ1v) is 23.3. The molecule has 3 unspecified atom stereocenters. The Balaban J connectivity index is 0.801. The topological polar surface area (TPSA) is 132 Å². The fourth-order valence-electron chi connectivity index (χ4n) is 10.9. The molecule has 13 nitrogen and oxygen atoms in total. The van der Waals surface area contributed by atoms with Crippen LogP contribution in [0.5, 0.6) is 0 Å². The smallest absolute Gasteiger partial charge is 0.248 e. The molecule has 1 aromatic heterocycles. The second-order valence-corrected chi connectivity index (χ2v) is 18.4.